The minimum Gasteiger partial charge on any atom is -0.592 e. The first-order chi connectivity index (χ1) is 6.59. The Labute approximate surface area is 83.2 Å². The monoisotopic (exact) mass is 218 g/mol. The fourth-order valence-corrected chi connectivity index (χ4v) is 1.03. The van der Waals surface area contributed by atoms with Crippen LogP contribution in [-0.2, 0) is 11.4 Å². The van der Waals surface area contributed by atoms with E-state index in [-0.39, 0.29) is 5.69 Å². The molecule has 1 heterocycles. The van der Waals surface area contributed by atoms with Crippen LogP contribution in [0.1, 0.15) is 17.7 Å². The maximum Gasteiger partial charge on any atom is 0.280 e. The highest BCUT2D eigenvalue weighted by Crippen LogP contribution is 2.15. The number of aromatic nitrogens is 1. The van der Waals surface area contributed by atoms with Crippen LogP contribution in [0.2, 0.25) is 0 Å². The molecule has 0 aliphatic carbocycles. The molecule has 0 aromatic carbocycles. The Morgan fingerprint density at radius 1 is 1.57 bits per heavy atom. The lowest BCUT2D eigenvalue weighted by molar-refractivity contribution is 0.146. The number of hydrogen-bond acceptors (Lipinski definition) is 3. The van der Waals surface area contributed by atoms with Gasteiger partial charge >= 0.3 is 0 Å². The van der Waals surface area contributed by atoms with Crippen LogP contribution in [0.15, 0.2) is 22.7 Å². The summed E-state index contributed by atoms with van der Waals surface area (Å²) in [6.45, 7) is 0. The van der Waals surface area contributed by atoms with Gasteiger partial charge < -0.3 is 4.55 Å². The van der Waals surface area contributed by atoms with Crippen LogP contribution in [-0.4, -0.2) is 22.0 Å². The molecule has 1 rings (SSSR count). The van der Waals surface area contributed by atoms with E-state index >= 15 is 0 Å². The van der Waals surface area contributed by atoms with Gasteiger partial charge in [-0.05, 0) is 12.1 Å². The third kappa shape index (κ3) is 3.39. The number of halogens is 2. The minimum atomic E-state index is -2.57. The maximum absolute atomic E-state index is 12.1. The molecule has 0 saturated heterocycles. The van der Waals surface area contributed by atoms with E-state index in [0.717, 1.165) is 0 Å². The first kappa shape index (κ1) is 11.1. The van der Waals surface area contributed by atoms with E-state index < -0.39 is 17.8 Å². The summed E-state index contributed by atoms with van der Waals surface area (Å²) in [7, 11) is 0. The SMILES string of the molecule is C[S+]([O-])/N=C/c1ccc(C(F)F)nc1. The van der Waals surface area contributed by atoms with Gasteiger partial charge in [-0.25, -0.2) is 8.78 Å². The first-order valence-electron chi connectivity index (χ1n) is 3.71. The fraction of sp³-hybridized carbons (Fsp3) is 0.250. The van der Waals surface area contributed by atoms with E-state index in [4.69, 9.17) is 0 Å². The molecule has 0 N–H and O–H groups in total. The van der Waals surface area contributed by atoms with Gasteiger partial charge in [0.25, 0.3) is 6.43 Å². The Morgan fingerprint density at radius 2 is 2.29 bits per heavy atom. The summed E-state index contributed by atoms with van der Waals surface area (Å²) in [6.07, 6.45) is 1.44. The van der Waals surface area contributed by atoms with Crippen LogP contribution < -0.4 is 0 Å². The minimum absolute atomic E-state index is 0.278. The molecule has 0 bridgehead atoms. The summed E-state index contributed by atoms with van der Waals surface area (Å²) < 4.78 is 38.3. The number of hydrogen-bond donors (Lipinski definition) is 0. The maximum atomic E-state index is 12.1. The van der Waals surface area contributed by atoms with Gasteiger partial charge in [-0.3, -0.25) is 4.98 Å². The van der Waals surface area contributed by atoms with Gasteiger partial charge in [0.1, 0.15) is 11.9 Å². The van der Waals surface area contributed by atoms with E-state index in [0.29, 0.717) is 5.56 Å². The van der Waals surface area contributed by atoms with Crippen LogP contribution in [0.25, 0.3) is 0 Å². The highest BCUT2D eigenvalue weighted by atomic mass is 32.2. The van der Waals surface area contributed by atoms with Crippen molar-refractivity contribution in [2.75, 3.05) is 6.26 Å². The molecule has 6 heteroatoms. The largest absolute Gasteiger partial charge is 0.592 e. The smallest absolute Gasteiger partial charge is 0.280 e. The summed E-state index contributed by atoms with van der Waals surface area (Å²) in [5.41, 5.74) is 0.268. The lowest BCUT2D eigenvalue weighted by Crippen LogP contribution is -1.94. The van der Waals surface area contributed by atoms with Crippen molar-refractivity contribution >= 4 is 17.6 Å². The zero-order chi connectivity index (χ0) is 10.6. The second-order valence-electron chi connectivity index (χ2n) is 2.48. The molecule has 0 aliphatic heterocycles. The molecular weight excluding hydrogens is 210 g/mol. The molecular formula is C8H8F2N2OS. The number of nitrogens with zero attached hydrogens (tertiary/aromatic N) is 2. The molecule has 0 saturated carbocycles. The summed E-state index contributed by atoms with van der Waals surface area (Å²) in [6, 6.07) is 2.66. The van der Waals surface area contributed by atoms with Crippen LogP contribution in [0.3, 0.4) is 0 Å². The van der Waals surface area contributed by atoms with E-state index in [9.17, 15) is 13.3 Å². The van der Waals surface area contributed by atoms with Gasteiger partial charge in [0.2, 0.25) is 0 Å². The Bertz CT molecular complexity index is 314. The predicted molar refractivity (Wildman–Crippen MR) is 50.9 cm³/mol. The molecule has 76 valence electrons. The van der Waals surface area contributed by atoms with Crippen molar-refractivity contribution in [3.8, 4) is 0 Å². The van der Waals surface area contributed by atoms with Crippen molar-refractivity contribution in [2.45, 2.75) is 6.43 Å². The highest BCUT2D eigenvalue weighted by molar-refractivity contribution is 7.89. The van der Waals surface area contributed by atoms with E-state index in [1.807, 2.05) is 0 Å². The molecule has 1 atom stereocenters. The topological polar surface area (TPSA) is 48.3 Å². The quantitative estimate of drug-likeness (QED) is 0.573. The average molecular weight is 218 g/mol. The first-order valence-corrected chi connectivity index (χ1v) is 5.23. The van der Waals surface area contributed by atoms with E-state index in [1.165, 1.54) is 30.8 Å². The summed E-state index contributed by atoms with van der Waals surface area (Å²) >= 11 is -1.29. The predicted octanol–water partition coefficient (Wildman–Crippen LogP) is 1.73. The standard InChI is InChI=1S/C8H8F2N2OS/c1-14(13)12-5-6-2-3-7(8(9)10)11-4-6/h2-5,8H,1H3/b12-5+. The van der Waals surface area contributed by atoms with Crippen LogP contribution in [0.5, 0.6) is 0 Å². The molecule has 14 heavy (non-hydrogen) atoms. The summed E-state index contributed by atoms with van der Waals surface area (Å²) in [4.78, 5) is 3.52. The molecule has 0 radical (unpaired) electrons. The van der Waals surface area contributed by atoms with Crippen molar-refractivity contribution in [2.24, 2.45) is 4.40 Å². The van der Waals surface area contributed by atoms with Gasteiger partial charge in [0, 0.05) is 11.8 Å². The van der Waals surface area contributed by atoms with Crippen LogP contribution in [0, 0.1) is 0 Å². The lowest BCUT2D eigenvalue weighted by Gasteiger charge is -1.98. The molecule has 0 fully saturated rings. The van der Waals surface area contributed by atoms with Crippen LogP contribution in [0.4, 0.5) is 8.78 Å². The number of rotatable bonds is 3. The van der Waals surface area contributed by atoms with Gasteiger partial charge in [-0.2, -0.15) is 0 Å². The Balaban J connectivity index is 2.73. The van der Waals surface area contributed by atoms with Gasteiger partial charge in [-0.1, -0.05) is 4.40 Å². The Morgan fingerprint density at radius 3 is 2.71 bits per heavy atom. The van der Waals surface area contributed by atoms with Crippen molar-refractivity contribution in [1.29, 1.82) is 0 Å². The molecule has 0 aliphatic rings. The fourth-order valence-electron chi connectivity index (χ4n) is 0.757. The molecule has 1 aromatic heterocycles. The zero-order valence-electron chi connectivity index (χ0n) is 7.35. The second-order valence-corrected chi connectivity index (χ2v) is 3.53. The molecule has 3 nitrogen and oxygen atoms in total. The Kier molecular flexibility index (Phi) is 3.97. The van der Waals surface area contributed by atoms with Crippen molar-refractivity contribution in [3.05, 3.63) is 29.6 Å². The molecule has 0 spiro atoms. The average Bonchev–Trinajstić information content (AvgIpc) is 2.15. The molecule has 1 unspecified atom stereocenters. The number of pyridine rings is 1. The van der Waals surface area contributed by atoms with E-state index in [1.54, 1.807) is 0 Å². The van der Waals surface area contributed by atoms with Gasteiger partial charge in [0.05, 0.1) is 17.6 Å². The number of alkyl halides is 2. The summed E-state index contributed by atoms with van der Waals surface area (Å²) in [5, 5.41) is 0. The Hall–Kier alpha value is -1.01. The third-order valence-electron chi connectivity index (χ3n) is 1.38. The van der Waals surface area contributed by atoms with Crippen molar-refractivity contribution in [1.82, 2.24) is 4.98 Å². The van der Waals surface area contributed by atoms with Crippen molar-refractivity contribution in [3.63, 3.8) is 0 Å². The zero-order valence-corrected chi connectivity index (χ0v) is 8.17. The van der Waals surface area contributed by atoms with Crippen molar-refractivity contribution < 1.29 is 13.3 Å². The normalized spacial score (nSPS) is 13.8. The van der Waals surface area contributed by atoms with Gasteiger partial charge in [-0.15, -0.1) is 0 Å². The second kappa shape index (κ2) is 5.02. The molecule has 1 aromatic rings. The summed E-state index contributed by atoms with van der Waals surface area (Å²) in [5.74, 6) is 0. The highest BCUT2D eigenvalue weighted by Gasteiger charge is 2.07. The van der Waals surface area contributed by atoms with E-state index in [2.05, 4.69) is 9.38 Å². The lowest BCUT2D eigenvalue weighted by atomic mass is 10.3. The third-order valence-corrected chi connectivity index (χ3v) is 1.79. The molecule has 0 amide bonds. The van der Waals surface area contributed by atoms with Gasteiger partial charge in [0.15, 0.2) is 0 Å². The van der Waals surface area contributed by atoms with Crippen LogP contribution >= 0.6 is 0 Å².